The van der Waals surface area contributed by atoms with Crippen LogP contribution in [0.2, 0.25) is 5.02 Å². The minimum atomic E-state index is -3.73. The lowest BCUT2D eigenvalue weighted by molar-refractivity contribution is 0.0951. The first-order chi connectivity index (χ1) is 12.3. The average molecular weight is 396 g/mol. The van der Waals surface area contributed by atoms with Gasteiger partial charge in [-0.05, 0) is 50.0 Å². The van der Waals surface area contributed by atoms with Gasteiger partial charge in [0.2, 0.25) is 10.0 Å². The summed E-state index contributed by atoms with van der Waals surface area (Å²) in [6, 6.07) is 12.9. The Labute approximate surface area is 159 Å². The Morgan fingerprint density at radius 2 is 1.81 bits per heavy atom. The molecule has 0 heterocycles. The molecule has 2 N–H and O–H groups in total. The highest BCUT2D eigenvalue weighted by Crippen LogP contribution is 2.13. The van der Waals surface area contributed by atoms with Gasteiger partial charge in [0.1, 0.15) is 0 Å². The zero-order valence-corrected chi connectivity index (χ0v) is 16.3. The first-order valence-electron chi connectivity index (χ1n) is 8.05. The lowest BCUT2D eigenvalue weighted by atomic mass is 10.2. The van der Waals surface area contributed by atoms with Gasteiger partial charge in [-0.3, -0.25) is 4.79 Å². The molecule has 0 spiro atoms. The molecule has 0 aromatic heterocycles. The van der Waals surface area contributed by atoms with Gasteiger partial charge in [-0.1, -0.05) is 29.8 Å². The van der Waals surface area contributed by atoms with Gasteiger partial charge in [0.25, 0.3) is 5.91 Å². The Morgan fingerprint density at radius 1 is 1.12 bits per heavy atom. The Kier molecular flexibility index (Phi) is 7.16. The number of rotatable bonds is 8. The molecule has 8 heteroatoms. The molecule has 6 nitrogen and oxygen atoms in total. The summed E-state index contributed by atoms with van der Waals surface area (Å²) < 4.78 is 27.5. The molecule has 0 fully saturated rings. The van der Waals surface area contributed by atoms with E-state index in [0.29, 0.717) is 23.7 Å². The van der Waals surface area contributed by atoms with Crippen LogP contribution in [0.4, 0.5) is 0 Å². The second kappa shape index (κ2) is 9.14. The first kappa shape index (κ1) is 20.4. The second-order valence-corrected chi connectivity index (χ2v) is 8.24. The monoisotopic (exact) mass is 395 g/mol. The Bertz CT molecular complexity index is 852. The van der Waals surface area contributed by atoms with Gasteiger partial charge in [-0.25, -0.2) is 13.1 Å². The Morgan fingerprint density at radius 3 is 2.46 bits per heavy atom. The molecule has 2 aromatic carbocycles. The highest BCUT2D eigenvalue weighted by Gasteiger charge is 2.16. The number of nitrogens with zero attached hydrogens (tertiary/aromatic N) is 1. The predicted octanol–water partition coefficient (Wildman–Crippen LogP) is 2.11. The van der Waals surface area contributed by atoms with Crippen LogP contribution in [0.3, 0.4) is 0 Å². The van der Waals surface area contributed by atoms with Gasteiger partial charge in [0, 0.05) is 30.2 Å². The molecule has 0 saturated heterocycles. The summed E-state index contributed by atoms with van der Waals surface area (Å²) in [6.07, 6.45) is 0. The summed E-state index contributed by atoms with van der Waals surface area (Å²) >= 11 is 5.82. The van der Waals surface area contributed by atoms with E-state index in [2.05, 4.69) is 10.0 Å². The predicted molar refractivity (Wildman–Crippen MR) is 103 cm³/mol. The summed E-state index contributed by atoms with van der Waals surface area (Å²) in [6.45, 7) is 1.32. The third kappa shape index (κ3) is 6.10. The van der Waals surface area contributed by atoms with Crippen molar-refractivity contribution in [3.8, 4) is 0 Å². The van der Waals surface area contributed by atoms with Gasteiger partial charge in [0.15, 0.2) is 0 Å². The molecule has 0 radical (unpaired) electrons. The van der Waals surface area contributed by atoms with E-state index >= 15 is 0 Å². The Hall–Kier alpha value is -1.93. The van der Waals surface area contributed by atoms with Crippen molar-refractivity contribution in [2.75, 3.05) is 27.2 Å². The number of amides is 1. The van der Waals surface area contributed by atoms with Gasteiger partial charge in [-0.2, -0.15) is 0 Å². The van der Waals surface area contributed by atoms with Crippen molar-refractivity contribution in [2.24, 2.45) is 0 Å². The zero-order chi connectivity index (χ0) is 19.2. The summed E-state index contributed by atoms with van der Waals surface area (Å²) in [7, 11) is 0.0871. The van der Waals surface area contributed by atoms with Gasteiger partial charge < -0.3 is 10.2 Å². The van der Waals surface area contributed by atoms with E-state index in [4.69, 9.17) is 11.6 Å². The highest BCUT2D eigenvalue weighted by atomic mass is 35.5. The van der Waals surface area contributed by atoms with Crippen molar-refractivity contribution in [3.63, 3.8) is 0 Å². The molecule has 26 heavy (non-hydrogen) atoms. The van der Waals surface area contributed by atoms with E-state index in [9.17, 15) is 13.2 Å². The van der Waals surface area contributed by atoms with E-state index in [0.717, 1.165) is 5.56 Å². The van der Waals surface area contributed by atoms with Crippen LogP contribution in [0.5, 0.6) is 0 Å². The fourth-order valence-electron chi connectivity index (χ4n) is 2.16. The summed E-state index contributed by atoms with van der Waals surface area (Å²) in [5.74, 6) is -0.304. The summed E-state index contributed by atoms with van der Waals surface area (Å²) in [5, 5.41) is 3.35. The second-order valence-electron chi connectivity index (χ2n) is 6.04. The highest BCUT2D eigenvalue weighted by molar-refractivity contribution is 7.89. The topological polar surface area (TPSA) is 78.5 Å². The zero-order valence-electron chi connectivity index (χ0n) is 14.7. The van der Waals surface area contributed by atoms with Gasteiger partial charge in [0.05, 0.1) is 4.90 Å². The van der Waals surface area contributed by atoms with Crippen LogP contribution < -0.4 is 10.0 Å². The van der Waals surface area contributed by atoms with E-state index in [1.807, 2.05) is 19.0 Å². The van der Waals surface area contributed by atoms with E-state index < -0.39 is 10.0 Å². The van der Waals surface area contributed by atoms with Crippen LogP contribution in [-0.2, 0) is 16.6 Å². The number of sulfonamides is 1. The lowest BCUT2D eigenvalue weighted by Crippen LogP contribution is -2.31. The largest absolute Gasteiger partial charge is 0.351 e. The number of halogens is 1. The van der Waals surface area contributed by atoms with Crippen LogP contribution in [0.15, 0.2) is 53.4 Å². The maximum absolute atomic E-state index is 12.5. The number of hydrogen-bond donors (Lipinski definition) is 2. The molecule has 140 valence electrons. The first-order valence-corrected chi connectivity index (χ1v) is 9.91. The minimum absolute atomic E-state index is 0.0479. The number of benzene rings is 2. The summed E-state index contributed by atoms with van der Waals surface area (Å²) in [5.41, 5.74) is 1.09. The SMILES string of the molecule is CN(C)CCNC(=O)c1cccc(S(=O)(=O)NCc2ccc(Cl)cc2)c1. The molecule has 0 saturated carbocycles. The van der Waals surface area contributed by atoms with E-state index in [1.165, 1.54) is 12.1 Å². The maximum atomic E-state index is 12.5. The molecule has 0 aliphatic heterocycles. The van der Waals surface area contributed by atoms with E-state index in [1.54, 1.807) is 36.4 Å². The minimum Gasteiger partial charge on any atom is -0.351 e. The fraction of sp³-hybridized carbons (Fsp3) is 0.278. The molecule has 2 rings (SSSR count). The number of likely N-dealkylation sites (N-methyl/N-ethyl adjacent to an activating group) is 1. The van der Waals surface area contributed by atoms with Crippen LogP contribution in [-0.4, -0.2) is 46.4 Å². The van der Waals surface area contributed by atoms with E-state index in [-0.39, 0.29) is 17.3 Å². The molecule has 0 unspecified atom stereocenters. The van der Waals surface area contributed by atoms with Crippen molar-refractivity contribution in [1.82, 2.24) is 14.9 Å². The third-order valence-electron chi connectivity index (χ3n) is 3.63. The maximum Gasteiger partial charge on any atom is 0.251 e. The molecular formula is C18H22ClN3O3S. The van der Waals surface area contributed by atoms with Crippen molar-refractivity contribution >= 4 is 27.5 Å². The smallest absolute Gasteiger partial charge is 0.251 e. The molecule has 0 bridgehead atoms. The Balaban J connectivity index is 2.04. The van der Waals surface area contributed by atoms with Crippen molar-refractivity contribution in [2.45, 2.75) is 11.4 Å². The number of carbonyl (C=O) groups is 1. The van der Waals surface area contributed by atoms with Gasteiger partial charge >= 0.3 is 0 Å². The van der Waals surface area contributed by atoms with Crippen LogP contribution >= 0.6 is 11.6 Å². The van der Waals surface area contributed by atoms with Gasteiger partial charge in [-0.15, -0.1) is 0 Å². The molecule has 2 aromatic rings. The number of nitrogens with one attached hydrogen (secondary N) is 2. The fourth-order valence-corrected chi connectivity index (χ4v) is 3.35. The quantitative estimate of drug-likeness (QED) is 0.717. The van der Waals surface area contributed by atoms with Crippen molar-refractivity contribution in [1.29, 1.82) is 0 Å². The molecule has 1 amide bonds. The van der Waals surface area contributed by atoms with Crippen molar-refractivity contribution < 1.29 is 13.2 Å². The van der Waals surface area contributed by atoms with Crippen LogP contribution in [0, 0.1) is 0 Å². The molecular weight excluding hydrogens is 374 g/mol. The lowest BCUT2D eigenvalue weighted by Gasteiger charge is -2.11. The molecule has 0 atom stereocenters. The number of carbonyl (C=O) groups excluding carboxylic acids is 1. The standard InChI is InChI=1S/C18H22ClN3O3S/c1-22(2)11-10-20-18(23)15-4-3-5-17(12-15)26(24,25)21-13-14-6-8-16(19)9-7-14/h3-9,12,21H,10-11,13H2,1-2H3,(H,20,23). The van der Waals surface area contributed by atoms with Crippen molar-refractivity contribution in [3.05, 3.63) is 64.7 Å². The third-order valence-corrected chi connectivity index (χ3v) is 5.28. The summed E-state index contributed by atoms with van der Waals surface area (Å²) in [4.78, 5) is 14.2. The average Bonchev–Trinajstić information content (AvgIpc) is 2.61. The normalized spacial score (nSPS) is 11.5. The van der Waals surface area contributed by atoms with Crippen LogP contribution in [0.25, 0.3) is 0 Å². The number of hydrogen-bond acceptors (Lipinski definition) is 4. The molecule has 0 aliphatic rings. The van der Waals surface area contributed by atoms with Crippen LogP contribution in [0.1, 0.15) is 15.9 Å². The molecule has 0 aliphatic carbocycles.